The standard InChI is InChI=1S/C30H38N2/c1-3-5-7-21-31-23-17-29(18-24-31)15-13-27-9-11-28(12-10-27)14-16-30-19-25-32(26-20-30)22-8-6-4-2/h9-20,23-26H,3-8,21-22H2,1-2H3/q+2/b15-13+,16-14+. The van der Waals surface area contributed by atoms with Gasteiger partial charge in [-0.2, -0.15) is 0 Å². The van der Waals surface area contributed by atoms with Gasteiger partial charge in [-0.3, -0.25) is 0 Å². The average molecular weight is 427 g/mol. The molecule has 0 atom stereocenters. The molecule has 1 aromatic carbocycles. The zero-order valence-corrected chi connectivity index (χ0v) is 19.8. The number of aryl methyl sites for hydroxylation is 2. The van der Waals surface area contributed by atoms with E-state index >= 15 is 0 Å². The van der Waals surface area contributed by atoms with Crippen LogP contribution in [0, 0.1) is 0 Å². The highest BCUT2D eigenvalue weighted by Gasteiger charge is 2.00. The fourth-order valence-corrected chi connectivity index (χ4v) is 3.65. The molecule has 0 unspecified atom stereocenters. The van der Waals surface area contributed by atoms with Gasteiger partial charge in [0.25, 0.3) is 0 Å². The number of hydrogen-bond acceptors (Lipinski definition) is 0. The number of aromatic nitrogens is 2. The highest BCUT2D eigenvalue weighted by atomic mass is 14.9. The van der Waals surface area contributed by atoms with Gasteiger partial charge in [-0.1, -0.05) is 75.3 Å². The summed E-state index contributed by atoms with van der Waals surface area (Å²) < 4.78 is 4.54. The summed E-state index contributed by atoms with van der Waals surface area (Å²) in [4.78, 5) is 0. The number of unbranched alkanes of at least 4 members (excludes halogenated alkanes) is 4. The van der Waals surface area contributed by atoms with Gasteiger partial charge in [-0.15, -0.1) is 0 Å². The summed E-state index contributed by atoms with van der Waals surface area (Å²) in [5, 5.41) is 0. The van der Waals surface area contributed by atoms with Crippen molar-refractivity contribution in [1.82, 2.24) is 0 Å². The van der Waals surface area contributed by atoms with E-state index in [0.29, 0.717) is 0 Å². The van der Waals surface area contributed by atoms with Gasteiger partial charge in [0, 0.05) is 37.1 Å². The Morgan fingerprint density at radius 3 is 1.09 bits per heavy atom. The molecule has 0 saturated heterocycles. The van der Waals surface area contributed by atoms with Crippen molar-refractivity contribution in [2.75, 3.05) is 0 Å². The third-order valence-corrected chi connectivity index (χ3v) is 5.75. The zero-order valence-electron chi connectivity index (χ0n) is 19.8. The number of benzene rings is 1. The predicted molar refractivity (Wildman–Crippen MR) is 137 cm³/mol. The van der Waals surface area contributed by atoms with Crippen molar-refractivity contribution < 1.29 is 9.13 Å². The molecule has 32 heavy (non-hydrogen) atoms. The quantitative estimate of drug-likeness (QED) is 0.218. The van der Waals surface area contributed by atoms with Crippen molar-refractivity contribution in [1.29, 1.82) is 0 Å². The monoisotopic (exact) mass is 426 g/mol. The van der Waals surface area contributed by atoms with E-state index in [1.54, 1.807) is 0 Å². The summed E-state index contributed by atoms with van der Waals surface area (Å²) in [6.45, 7) is 6.70. The molecule has 0 amide bonds. The second-order valence-corrected chi connectivity index (χ2v) is 8.49. The summed E-state index contributed by atoms with van der Waals surface area (Å²) in [6.07, 6.45) is 25.1. The lowest BCUT2D eigenvalue weighted by Gasteiger charge is -1.99. The second-order valence-electron chi connectivity index (χ2n) is 8.49. The Bertz CT molecular complexity index is 882. The van der Waals surface area contributed by atoms with Crippen LogP contribution in [-0.4, -0.2) is 0 Å². The topological polar surface area (TPSA) is 7.76 Å². The smallest absolute Gasteiger partial charge is 0.169 e. The molecule has 0 aliphatic rings. The van der Waals surface area contributed by atoms with Crippen LogP contribution in [-0.2, 0) is 13.1 Å². The van der Waals surface area contributed by atoms with Crippen LogP contribution in [0.2, 0.25) is 0 Å². The van der Waals surface area contributed by atoms with Crippen molar-refractivity contribution in [3.8, 4) is 0 Å². The molecule has 3 aromatic rings. The Morgan fingerprint density at radius 1 is 0.469 bits per heavy atom. The van der Waals surface area contributed by atoms with Crippen LogP contribution in [0.15, 0.2) is 73.3 Å². The number of rotatable bonds is 12. The fraction of sp³-hybridized carbons (Fsp3) is 0.333. The van der Waals surface area contributed by atoms with Crippen LogP contribution in [0.5, 0.6) is 0 Å². The molecule has 166 valence electrons. The molecule has 0 aliphatic carbocycles. The number of pyridine rings is 2. The average Bonchev–Trinajstić information content (AvgIpc) is 2.84. The minimum Gasteiger partial charge on any atom is -0.205 e. The predicted octanol–water partition coefficient (Wildman–Crippen LogP) is 6.98. The molecule has 0 bridgehead atoms. The van der Waals surface area contributed by atoms with Gasteiger partial charge in [-0.25, -0.2) is 9.13 Å². The number of hydrogen-bond donors (Lipinski definition) is 0. The summed E-state index contributed by atoms with van der Waals surface area (Å²) in [5.41, 5.74) is 4.90. The lowest BCUT2D eigenvalue weighted by Crippen LogP contribution is -2.32. The Kier molecular flexibility index (Phi) is 9.92. The summed E-state index contributed by atoms with van der Waals surface area (Å²) in [7, 11) is 0. The molecule has 2 nitrogen and oxygen atoms in total. The van der Waals surface area contributed by atoms with Gasteiger partial charge in [0.2, 0.25) is 0 Å². The van der Waals surface area contributed by atoms with E-state index in [2.05, 4.69) is 121 Å². The van der Waals surface area contributed by atoms with Crippen molar-refractivity contribution in [3.05, 3.63) is 95.6 Å². The molecular formula is C30H38N2+2. The second kappa shape index (κ2) is 13.4. The van der Waals surface area contributed by atoms with Gasteiger partial charge in [-0.05, 0) is 35.1 Å². The van der Waals surface area contributed by atoms with Gasteiger partial charge >= 0.3 is 0 Å². The van der Waals surface area contributed by atoms with Crippen molar-refractivity contribution in [2.45, 2.75) is 65.5 Å². The Labute approximate surface area is 194 Å². The summed E-state index contributed by atoms with van der Waals surface area (Å²) in [6, 6.07) is 17.5. The van der Waals surface area contributed by atoms with E-state index in [1.165, 1.54) is 60.8 Å². The van der Waals surface area contributed by atoms with Crippen LogP contribution >= 0.6 is 0 Å². The normalized spacial score (nSPS) is 11.6. The highest BCUT2D eigenvalue weighted by molar-refractivity contribution is 5.72. The molecule has 0 N–H and O–H groups in total. The SMILES string of the molecule is CCCCC[n+]1ccc(/C=C/c2ccc(/C=C/c3cc[n+](CCCCC)cc3)cc2)cc1. The third kappa shape index (κ3) is 8.26. The van der Waals surface area contributed by atoms with Crippen molar-refractivity contribution in [3.63, 3.8) is 0 Å². The molecule has 2 heteroatoms. The van der Waals surface area contributed by atoms with E-state index in [-0.39, 0.29) is 0 Å². The molecule has 0 spiro atoms. The van der Waals surface area contributed by atoms with Crippen LogP contribution in [0.4, 0.5) is 0 Å². The third-order valence-electron chi connectivity index (χ3n) is 5.75. The molecule has 0 aliphatic heterocycles. The molecule has 0 radical (unpaired) electrons. The Hall–Kier alpha value is -3.00. The van der Waals surface area contributed by atoms with Crippen LogP contribution in [0.25, 0.3) is 24.3 Å². The minimum atomic E-state index is 1.11. The van der Waals surface area contributed by atoms with Crippen molar-refractivity contribution >= 4 is 24.3 Å². The first-order chi connectivity index (χ1) is 15.8. The van der Waals surface area contributed by atoms with Gasteiger partial charge in [0.05, 0.1) is 0 Å². The van der Waals surface area contributed by atoms with Gasteiger partial charge < -0.3 is 0 Å². The van der Waals surface area contributed by atoms with Crippen LogP contribution in [0.3, 0.4) is 0 Å². The van der Waals surface area contributed by atoms with Crippen LogP contribution < -0.4 is 9.13 Å². The first-order valence-corrected chi connectivity index (χ1v) is 12.2. The zero-order chi connectivity index (χ0) is 22.4. The van der Waals surface area contributed by atoms with Gasteiger partial charge in [0.1, 0.15) is 13.1 Å². The maximum absolute atomic E-state index is 2.27. The Balaban J connectivity index is 1.51. The largest absolute Gasteiger partial charge is 0.205 e. The van der Waals surface area contributed by atoms with E-state index in [9.17, 15) is 0 Å². The maximum Gasteiger partial charge on any atom is 0.169 e. The van der Waals surface area contributed by atoms with E-state index in [4.69, 9.17) is 0 Å². The first kappa shape index (κ1) is 23.7. The van der Waals surface area contributed by atoms with E-state index in [0.717, 1.165) is 13.1 Å². The molecule has 2 aromatic heterocycles. The van der Waals surface area contributed by atoms with Gasteiger partial charge in [0.15, 0.2) is 24.8 Å². The molecule has 0 saturated carbocycles. The highest BCUT2D eigenvalue weighted by Crippen LogP contribution is 2.12. The van der Waals surface area contributed by atoms with E-state index in [1.807, 2.05) is 0 Å². The summed E-state index contributed by atoms with van der Waals surface area (Å²) >= 11 is 0. The first-order valence-electron chi connectivity index (χ1n) is 12.2. The lowest BCUT2D eigenvalue weighted by molar-refractivity contribution is -0.697. The molecule has 0 fully saturated rings. The van der Waals surface area contributed by atoms with Crippen LogP contribution in [0.1, 0.15) is 74.6 Å². The molecule has 3 rings (SSSR count). The number of nitrogens with zero attached hydrogens (tertiary/aromatic N) is 2. The lowest BCUT2D eigenvalue weighted by atomic mass is 10.1. The Morgan fingerprint density at radius 2 is 0.781 bits per heavy atom. The van der Waals surface area contributed by atoms with Crippen molar-refractivity contribution in [2.24, 2.45) is 0 Å². The maximum atomic E-state index is 2.27. The molecule has 2 heterocycles. The minimum absolute atomic E-state index is 1.11. The summed E-state index contributed by atoms with van der Waals surface area (Å²) in [5.74, 6) is 0. The van der Waals surface area contributed by atoms with E-state index < -0.39 is 0 Å². The molecular weight excluding hydrogens is 388 g/mol. The fourth-order valence-electron chi connectivity index (χ4n) is 3.65.